The Morgan fingerprint density at radius 3 is 2.07 bits per heavy atom. The van der Waals surface area contributed by atoms with E-state index in [9.17, 15) is 0 Å². The summed E-state index contributed by atoms with van der Waals surface area (Å²) in [5.41, 5.74) is 7.22. The molecule has 1 rings (SSSR count). The number of nitrogens with one attached hydrogen (secondary N) is 2. The fraction of sp³-hybridized carbons (Fsp3) is 0.273. The van der Waals surface area contributed by atoms with Crippen LogP contribution in [0.3, 0.4) is 0 Å². The maximum atomic E-state index is 7.52. The molecule has 0 aliphatic carbocycles. The van der Waals surface area contributed by atoms with Crippen LogP contribution in [0, 0.1) is 10.8 Å². The van der Waals surface area contributed by atoms with Gasteiger partial charge in [-0.25, -0.2) is 0 Å². The van der Waals surface area contributed by atoms with Crippen LogP contribution < -0.4 is 5.73 Å². The lowest BCUT2D eigenvalue weighted by Crippen LogP contribution is -2.11. The Balaban J connectivity index is 0.000000791. The molecule has 0 atom stereocenters. The van der Waals surface area contributed by atoms with E-state index in [1.165, 1.54) is 0 Å². The number of nitrogens with two attached hydrogens (primary N) is 1. The second-order valence-electron chi connectivity index (χ2n) is 2.59. The summed E-state index contributed by atoms with van der Waals surface area (Å²) in [5.74, 6) is 0. The topological polar surface area (TPSA) is 73.7 Å². The first kappa shape index (κ1) is 12.4. The molecule has 0 heterocycles. The molecule has 1 aromatic carbocycles. The zero-order chi connectivity index (χ0) is 11.1. The molecule has 0 radical (unpaired) electrons. The summed E-state index contributed by atoms with van der Waals surface area (Å²) in [7, 11) is 0. The predicted molar refractivity (Wildman–Crippen MR) is 62.4 cm³/mol. The first-order chi connectivity index (χ1) is 6.63. The molecule has 0 saturated heterocycles. The van der Waals surface area contributed by atoms with Gasteiger partial charge in [0.2, 0.25) is 0 Å². The summed E-state index contributed by atoms with van der Waals surface area (Å²) >= 11 is 0. The maximum absolute atomic E-state index is 7.52. The van der Waals surface area contributed by atoms with Crippen molar-refractivity contribution in [2.45, 2.75) is 20.8 Å². The van der Waals surface area contributed by atoms with Gasteiger partial charge in [-0.05, 0) is 13.0 Å². The van der Waals surface area contributed by atoms with Gasteiger partial charge in [0, 0.05) is 11.3 Å². The van der Waals surface area contributed by atoms with Gasteiger partial charge in [0.05, 0.1) is 11.4 Å². The summed E-state index contributed by atoms with van der Waals surface area (Å²) in [6.07, 6.45) is 0. The van der Waals surface area contributed by atoms with Gasteiger partial charge >= 0.3 is 0 Å². The lowest BCUT2D eigenvalue weighted by molar-refractivity contribution is 1.45. The molecule has 3 heteroatoms. The number of nitrogen functional groups attached to an aromatic ring is 1. The number of hydrogen-bond acceptors (Lipinski definition) is 3. The molecule has 3 nitrogen and oxygen atoms in total. The fourth-order valence-corrected chi connectivity index (χ4v) is 0.927. The Kier molecular flexibility index (Phi) is 5.22. The fourth-order valence-electron chi connectivity index (χ4n) is 0.927. The van der Waals surface area contributed by atoms with Gasteiger partial charge in [-0.3, -0.25) is 5.41 Å². The van der Waals surface area contributed by atoms with E-state index in [1.54, 1.807) is 19.1 Å². The van der Waals surface area contributed by atoms with Crippen molar-refractivity contribution < 1.29 is 0 Å². The van der Waals surface area contributed by atoms with E-state index in [4.69, 9.17) is 16.6 Å². The molecule has 0 aromatic heterocycles. The van der Waals surface area contributed by atoms with E-state index < -0.39 is 0 Å². The third-order valence-corrected chi connectivity index (χ3v) is 1.61. The van der Waals surface area contributed by atoms with Crippen LogP contribution in [0.4, 0.5) is 5.69 Å². The van der Waals surface area contributed by atoms with E-state index in [-0.39, 0.29) is 11.4 Å². The molecule has 76 valence electrons. The number of hydrogen-bond donors (Lipinski definition) is 3. The third kappa shape index (κ3) is 3.01. The van der Waals surface area contributed by atoms with E-state index in [0.29, 0.717) is 11.3 Å². The molecule has 0 amide bonds. The van der Waals surface area contributed by atoms with Gasteiger partial charge in [0.25, 0.3) is 0 Å². The first-order valence-corrected chi connectivity index (χ1v) is 4.62. The van der Waals surface area contributed by atoms with E-state index in [2.05, 4.69) is 0 Å². The van der Waals surface area contributed by atoms with Crippen LogP contribution >= 0.6 is 0 Å². The molecule has 0 bridgehead atoms. The number of para-hydroxylation sites is 1. The molecule has 0 fully saturated rings. The van der Waals surface area contributed by atoms with Crippen LogP contribution in [0.15, 0.2) is 24.3 Å². The summed E-state index contributed by atoms with van der Waals surface area (Å²) in [6.45, 7) is 5.58. The molecule has 0 unspecified atom stereocenters. The largest absolute Gasteiger partial charge is 0.398 e. The van der Waals surface area contributed by atoms with Gasteiger partial charge < -0.3 is 11.1 Å². The van der Waals surface area contributed by atoms with E-state index in [1.807, 2.05) is 26.0 Å². The van der Waals surface area contributed by atoms with Crippen LogP contribution in [0.5, 0.6) is 0 Å². The summed E-state index contributed by atoms with van der Waals surface area (Å²) in [5, 5.41) is 14.8. The van der Waals surface area contributed by atoms with Crippen LogP contribution in [-0.4, -0.2) is 11.4 Å². The van der Waals surface area contributed by atoms with Crippen molar-refractivity contribution >= 4 is 17.1 Å². The smallest absolute Gasteiger partial charge is 0.0837 e. The lowest BCUT2D eigenvalue weighted by Gasteiger charge is -2.04. The SMILES string of the molecule is CC.CC(=N)C(=N)c1ccccc1N. The average Bonchev–Trinajstić information content (AvgIpc) is 2.20. The Labute approximate surface area is 85.0 Å². The maximum Gasteiger partial charge on any atom is 0.0837 e. The molecule has 1 aromatic rings. The van der Waals surface area contributed by atoms with Crippen LogP contribution in [0.1, 0.15) is 26.3 Å². The predicted octanol–water partition coefficient (Wildman–Crippen LogP) is 2.70. The van der Waals surface area contributed by atoms with Gasteiger partial charge in [-0.15, -0.1) is 0 Å². The minimum absolute atomic E-state index is 0.188. The minimum atomic E-state index is 0.188. The highest BCUT2D eigenvalue weighted by atomic mass is 14.6. The molecule has 0 spiro atoms. The second kappa shape index (κ2) is 5.91. The van der Waals surface area contributed by atoms with E-state index in [0.717, 1.165) is 0 Å². The van der Waals surface area contributed by atoms with E-state index >= 15 is 0 Å². The summed E-state index contributed by atoms with van der Waals surface area (Å²) in [6, 6.07) is 7.09. The third-order valence-electron chi connectivity index (χ3n) is 1.61. The quantitative estimate of drug-likeness (QED) is 0.488. The van der Waals surface area contributed by atoms with Crippen molar-refractivity contribution in [2.75, 3.05) is 5.73 Å². The number of rotatable bonds is 2. The molecular formula is C11H17N3. The molecule has 4 N–H and O–H groups in total. The van der Waals surface area contributed by atoms with Crippen molar-refractivity contribution in [1.82, 2.24) is 0 Å². The molecular weight excluding hydrogens is 174 g/mol. The zero-order valence-corrected chi connectivity index (χ0v) is 8.89. The Morgan fingerprint density at radius 1 is 1.14 bits per heavy atom. The van der Waals surface area contributed by atoms with Crippen molar-refractivity contribution in [3.63, 3.8) is 0 Å². The minimum Gasteiger partial charge on any atom is -0.398 e. The Morgan fingerprint density at radius 2 is 1.64 bits per heavy atom. The monoisotopic (exact) mass is 191 g/mol. The Bertz CT molecular complexity index is 329. The van der Waals surface area contributed by atoms with Crippen LogP contribution in [0.25, 0.3) is 0 Å². The van der Waals surface area contributed by atoms with Crippen molar-refractivity contribution in [2.24, 2.45) is 0 Å². The van der Waals surface area contributed by atoms with Gasteiger partial charge in [0.15, 0.2) is 0 Å². The van der Waals surface area contributed by atoms with Gasteiger partial charge in [-0.2, -0.15) is 0 Å². The summed E-state index contributed by atoms with van der Waals surface area (Å²) < 4.78 is 0. The number of anilines is 1. The standard InChI is InChI=1S/C9H11N3.C2H6/c1-6(10)9(12)7-4-2-3-5-8(7)11;1-2/h2-5,10,12H,11H2,1H3;1-2H3. The lowest BCUT2D eigenvalue weighted by atomic mass is 10.1. The van der Waals surface area contributed by atoms with Crippen molar-refractivity contribution in [3.8, 4) is 0 Å². The van der Waals surface area contributed by atoms with Crippen LogP contribution in [0.2, 0.25) is 0 Å². The van der Waals surface area contributed by atoms with Crippen molar-refractivity contribution in [1.29, 1.82) is 10.8 Å². The second-order valence-corrected chi connectivity index (χ2v) is 2.59. The normalized spacial score (nSPS) is 8.50. The van der Waals surface area contributed by atoms with Gasteiger partial charge in [0.1, 0.15) is 0 Å². The highest BCUT2D eigenvalue weighted by molar-refractivity contribution is 6.46. The zero-order valence-electron chi connectivity index (χ0n) is 8.89. The summed E-state index contributed by atoms with van der Waals surface area (Å²) in [4.78, 5) is 0. The first-order valence-electron chi connectivity index (χ1n) is 4.62. The molecule has 0 aliphatic heterocycles. The highest BCUT2D eigenvalue weighted by Crippen LogP contribution is 2.11. The number of benzene rings is 1. The highest BCUT2D eigenvalue weighted by Gasteiger charge is 2.05. The van der Waals surface area contributed by atoms with Gasteiger partial charge in [-0.1, -0.05) is 32.0 Å². The Hall–Kier alpha value is -1.64. The van der Waals surface area contributed by atoms with Crippen molar-refractivity contribution in [3.05, 3.63) is 29.8 Å². The molecule has 14 heavy (non-hydrogen) atoms. The molecule has 0 aliphatic rings. The van der Waals surface area contributed by atoms with Crippen LogP contribution in [-0.2, 0) is 0 Å². The average molecular weight is 191 g/mol. The molecule has 0 saturated carbocycles.